The SMILES string of the molecule is CC(O)c1ccc2oc(=O)n(Cc3cccc(-c4ncc(OCCCN(C)C)cn4)c3)c2c1. The number of hydrogen-bond acceptors (Lipinski definition) is 7. The highest BCUT2D eigenvalue weighted by molar-refractivity contribution is 5.74. The van der Waals surface area contributed by atoms with Gasteiger partial charge in [-0.1, -0.05) is 24.3 Å². The molecule has 0 radical (unpaired) electrons. The van der Waals surface area contributed by atoms with Gasteiger partial charge in [0, 0.05) is 12.1 Å². The molecule has 4 rings (SSSR count). The van der Waals surface area contributed by atoms with E-state index >= 15 is 0 Å². The standard InChI is InChI=1S/C25H28N4O4/c1-17(30)19-8-9-23-22(13-19)29(25(31)33-23)16-18-6-4-7-20(12-18)24-26-14-21(15-27-24)32-11-5-10-28(2)3/h4,6-9,12-15,17,30H,5,10-11,16H2,1-3H3. The van der Waals surface area contributed by atoms with E-state index in [-0.39, 0.29) is 0 Å². The summed E-state index contributed by atoms with van der Waals surface area (Å²) in [6.07, 6.45) is 3.65. The van der Waals surface area contributed by atoms with Gasteiger partial charge in [-0.2, -0.15) is 0 Å². The van der Waals surface area contributed by atoms with Crippen molar-refractivity contribution in [1.29, 1.82) is 0 Å². The molecule has 0 bridgehead atoms. The highest BCUT2D eigenvalue weighted by atomic mass is 16.5. The second-order valence-corrected chi connectivity index (χ2v) is 8.31. The molecule has 2 heterocycles. The predicted octanol–water partition coefficient (Wildman–Crippen LogP) is 3.48. The summed E-state index contributed by atoms with van der Waals surface area (Å²) in [5.41, 5.74) is 3.62. The molecule has 0 saturated carbocycles. The van der Waals surface area contributed by atoms with Gasteiger partial charge in [0.25, 0.3) is 0 Å². The van der Waals surface area contributed by atoms with Gasteiger partial charge in [-0.3, -0.25) is 4.57 Å². The van der Waals surface area contributed by atoms with Crippen molar-refractivity contribution >= 4 is 11.1 Å². The number of oxazole rings is 1. The Labute approximate surface area is 192 Å². The Balaban J connectivity index is 1.51. The average Bonchev–Trinajstić information content (AvgIpc) is 3.11. The van der Waals surface area contributed by atoms with E-state index in [0.717, 1.165) is 29.7 Å². The highest BCUT2D eigenvalue weighted by Crippen LogP contribution is 2.22. The van der Waals surface area contributed by atoms with Crippen LogP contribution in [-0.4, -0.2) is 51.8 Å². The van der Waals surface area contributed by atoms with Gasteiger partial charge in [0.1, 0.15) is 0 Å². The van der Waals surface area contributed by atoms with Crippen LogP contribution < -0.4 is 10.5 Å². The molecule has 4 aromatic rings. The highest BCUT2D eigenvalue weighted by Gasteiger charge is 2.13. The van der Waals surface area contributed by atoms with Gasteiger partial charge >= 0.3 is 5.76 Å². The lowest BCUT2D eigenvalue weighted by Crippen LogP contribution is -2.15. The second kappa shape index (κ2) is 9.97. The van der Waals surface area contributed by atoms with Crippen LogP contribution in [0.2, 0.25) is 0 Å². The van der Waals surface area contributed by atoms with Crippen LogP contribution in [0.5, 0.6) is 5.75 Å². The molecule has 0 amide bonds. The summed E-state index contributed by atoms with van der Waals surface area (Å²) in [6.45, 7) is 3.59. The first-order valence-corrected chi connectivity index (χ1v) is 10.9. The minimum Gasteiger partial charge on any atom is -0.490 e. The largest absolute Gasteiger partial charge is 0.490 e. The van der Waals surface area contributed by atoms with Crippen LogP contribution in [-0.2, 0) is 6.54 Å². The Morgan fingerprint density at radius 3 is 2.67 bits per heavy atom. The van der Waals surface area contributed by atoms with Crippen molar-refractivity contribution in [3.05, 3.63) is 76.5 Å². The van der Waals surface area contributed by atoms with Crippen molar-refractivity contribution < 1.29 is 14.3 Å². The monoisotopic (exact) mass is 448 g/mol. The van der Waals surface area contributed by atoms with Crippen molar-refractivity contribution in [3.8, 4) is 17.1 Å². The van der Waals surface area contributed by atoms with Gasteiger partial charge in [-0.05, 0) is 56.8 Å². The van der Waals surface area contributed by atoms with Crippen LogP contribution in [0.3, 0.4) is 0 Å². The van der Waals surface area contributed by atoms with Crippen molar-refractivity contribution in [1.82, 2.24) is 19.4 Å². The molecule has 8 heteroatoms. The van der Waals surface area contributed by atoms with Gasteiger partial charge in [0.2, 0.25) is 0 Å². The normalized spacial score (nSPS) is 12.4. The molecule has 0 aliphatic carbocycles. The molecule has 1 atom stereocenters. The molecule has 0 spiro atoms. The fourth-order valence-corrected chi connectivity index (χ4v) is 3.59. The van der Waals surface area contributed by atoms with E-state index in [9.17, 15) is 9.90 Å². The summed E-state index contributed by atoms with van der Waals surface area (Å²) >= 11 is 0. The first-order chi connectivity index (χ1) is 15.9. The topological polar surface area (TPSA) is 93.6 Å². The zero-order valence-electron chi connectivity index (χ0n) is 19.1. The minimum atomic E-state index is -0.631. The molecule has 2 aromatic carbocycles. The summed E-state index contributed by atoms with van der Waals surface area (Å²) in [7, 11) is 4.06. The van der Waals surface area contributed by atoms with E-state index in [1.165, 1.54) is 0 Å². The number of hydrogen-bond donors (Lipinski definition) is 1. The van der Waals surface area contributed by atoms with Gasteiger partial charge in [-0.25, -0.2) is 14.8 Å². The smallest absolute Gasteiger partial charge is 0.420 e. The quantitative estimate of drug-likeness (QED) is 0.392. The maximum atomic E-state index is 12.5. The van der Waals surface area contributed by atoms with Crippen LogP contribution in [0.15, 0.2) is 64.1 Å². The molecule has 2 aromatic heterocycles. The van der Waals surface area contributed by atoms with E-state index in [4.69, 9.17) is 9.15 Å². The first-order valence-electron chi connectivity index (χ1n) is 10.9. The van der Waals surface area contributed by atoms with E-state index in [2.05, 4.69) is 14.9 Å². The van der Waals surface area contributed by atoms with Crippen LogP contribution in [0.4, 0.5) is 0 Å². The number of nitrogens with zero attached hydrogens (tertiary/aromatic N) is 4. The third-order valence-electron chi connectivity index (χ3n) is 5.35. The number of ether oxygens (including phenoxy) is 1. The summed E-state index contributed by atoms with van der Waals surface area (Å²) < 4.78 is 12.6. The van der Waals surface area contributed by atoms with Crippen LogP contribution in [0, 0.1) is 0 Å². The molecule has 0 saturated heterocycles. The van der Waals surface area contributed by atoms with Gasteiger partial charge < -0.3 is 19.2 Å². The maximum absolute atomic E-state index is 12.5. The zero-order valence-corrected chi connectivity index (χ0v) is 19.1. The Kier molecular flexibility index (Phi) is 6.86. The lowest BCUT2D eigenvalue weighted by Gasteiger charge is -2.10. The third-order valence-corrected chi connectivity index (χ3v) is 5.35. The Bertz CT molecular complexity index is 1280. The fraction of sp³-hybridized carbons (Fsp3) is 0.320. The Morgan fingerprint density at radius 2 is 1.94 bits per heavy atom. The molecule has 0 fully saturated rings. The molecule has 33 heavy (non-hydrogen) atoms. The van der Waals surface area contributed by atoms with Crippen LogP contribution >= 0.6 is 0 Å². The number of aliphatic hydroxyl groups excluding tert-OH is 1. The molecular weight excluding hydrogens is 420 g/mol. The van der Waals surface area contributed by atoms with Crippen molar-refractivity contribution in [2.75, 3.05) is 27.2 Å². The fourth-order valence-electron chi connectivity index (χ4n) is 3.59. The lowest BCUT2D eigenvalue weighted by molar-refractivity contribution is 0.199. The first kappa shape index (κ1) is 22.7. The van der Waals surface area contributed by atoms with Gasteiger partial charge in [-0.15, -0.1) is 0 Å². The van der Waals surface area contributed by atoms with E-state index in [1.54, 1.807) is 42.1 Å². The van der Waals surface area contributed by atoms with Gasteiger partial charge in [0.05, 0.1) is 37.2 Å². The predicted molar refractivity (Wildman–Crippen MR) is 126 cm³/mol. The molecule has 0 aliphatic rings. The number of fused-ring (bicyclic) bond motifs is 1. The molecule has 1 unspecified atom stereocenters. The molecule has 0 aliphatic heterocycles. The summed E-state index contributed by atoms with van der Waals surface area (Å²) in [5, 5.41) is 9.89. The summed E-state index contributed by atoms with van der Waals surface area (Å²) in [6, 6.07) is 13.0. The second-order valence-electron chi connectivity index (χ2n) is 8.31. The lowest BCUT2D eigenvalue weighted by atomic mass is 10.1. The third kappa shape index (κ3) is 5.47. The van der Waals surface area contributed by atoms with Crippen molar-refractivity contribution in [2.45, 2.75) is 26.0 Å². The molecule has 172 valence electrons. The maximum Gasteiger partial charge on any atom is 0.420 e. The van der Waals surface area contributed by atoms with E-state index in [0.29, 0.717) is 35.8 Å². The number of aromatic nitrogens is 3. The minimum absolute atomic E-state index is 0.329. The van der Waals surface area contributed by atoms with Crippen molar-refractivity contribution in [3.63, 3.8) is 0 Å². The van der Waals surface area contributed by atoms with Crippen molar-refractivity contribution in [2.24, 2.45) is 0 Å². The van der Waals surface area contributed by atoms with Crippen LogP contribution in [0.25, 0.3) is 22.5 Å². The Hall–Kier alpha value is -3.49. The summed E-state index contributed by atoms with van der Waals surface area (Å²) in [4.78, 5) is 23.4. The van der Waals surface area contributed by atoms with Gasteiger partial charge in [0.15, 0.2) is 17.2 Å². The molecule has 8 nitrogen and oxygen atoms in total. The van der Waals surface area contributed by atoms with E-state index in [1.807, 2.05) is 38.4 Å². The molecule has 1 N–H and O–H groups in total. The van der Waals surface area contributed by atoms with Crippen LogP contribution in [0.1, 0.15) is 30.6 Å². The summed E-state index contributed by atoms with van der Waals surface area (Å²) in [5.74, 6) is 0.780. The number of rotatable bonds is 9. The van der Waals surface area contributed by atoms with E-state index < -0.39 is 11.9 Å². The zero-order chi connectivity index (χ0) is 23.4. The number of aliphatic hydroxyl groups is 1. The number of benzene rings is 2. The Morgan fingerprint density at radius 1 is 1.15 bits per heavy atom. The molecular formula is C25H28N4O4. The average molecular weight is 449 g/mol.